The molecule has 2 aliphatic rings. The third kappa shape index (κ3) is 3.69. The number of rotatable bonds is 2. The molecular formula is C15H29N3O. The third-order valence-electron chi connectivity index (χ3n) is 4.71. The second kappa shape index (κ2) is 6.71. The van der Waals surface area contributed by atoms with Crippen LogP contribution in [0.15, 0.2) is 0 Å². The molecule has 2 rings (SSSR count). The number of carbonyl (C=O) groups excluding carboxylic acids is 1. The summed E-state index contributed by atoms with van der Waals surface area (Å²) in [6.45, 7) is 5.21. The lowest BCUT2D eigenvalue weighted by atomic mass is 10.0. The van der Waals surface area contributed by atoms with Gasteiger partial charge >= 0.3 is 0 Å². The maximum Gasteiger partial charge on any atom is 0.240 e. The van der Waals surface area contributed by atoms with E-state index in [1.165, 1.54) is 32.1 Å². The van der Waals surface area contributed by atoms with E-state index < -0.39 is 0 Å². The Morgan fingerprint density at radius 3 is 2.74 bits per heavy atom. The van der Waals surface area contributed by atoms with Crippen molar-refractivity contribution in [2.24, 2.45) is 5.92 Å². The molecule has 0 aromatic heterocycles. The first kappa shape index (κ1) is 14.8. The lowest BCUT2D eigenvalue weighted by Crippen LogP contribution is -2.60. The maximum absolute atomic E-state index is 12.3. The molecule has 1 saturated carbocycles. The molecule has 1 saturated heterocycles. The molecule has 3 atom stereocenters. The Morgan fingerprint density at radius 2 is 2.00 bits per heavy atom. The molecule has 110 valence electrons. The number of nitrogens with one attached hydrogen (secondary N) is 1. The van der Waals surface area contributed by atoms with E-state index in [-0.39, 0.29) is 11.9 Å². The van der Waals surface area contributed by atoms with Crippen LogP contribution < -0.4 is 5.32 Å². The van der Waals surface area contributed by atoms with Gasteiger partial charge < -0.3 is 10.2 Å². The second-order valence-electron chi connectivity index (χ2n) is 6.46. The Bertz CT molecular complexity index is 306. The second-order valence-corrected chi connectivity index (χ2v) is 6.46. The number of hydrogen-bond donors (Lipinski definition) is 1. The first-order chi connectivity index (χ1) is 9.09. The lowest BCUT2D eigenvalue weighted by molar-refractivity contribution is -0.136. The molecule has 1 aliphatic carbocycles. The number of likely N-dealkylation sites (N-methyl/N-ethyl adjacent to an activating group) is 1. The maximum atomic E-state index is 12.3. The predicted molar refractivity (Wildman–Crippen MR) is 78.1 cm³/mol. The molecule has 0 aromatic carbocycles. The van der Waals surface area contributed by atoms with Gasteiger partial charge in [0.05, 0.1) is 0 Å². The molecule has 0 radical (unpaired) electrons. The van der Waals surface area contributed by atoms with Gasteiger partial charge in [0.1, 0.15) is 6.04 Å². The van der Waals surface area contributed by atoms with E-state index in [2.05, 4.69) is 17.1 Å². The van der Waals surface area contributed by atoms with Crippen LogP contribution in [0.25, 0.3) is 0 Å². The Hall–Kier alpha value is -0.610. The Kier molecular flexibility index (Phi) is 5.22. The Labute approximate surface area is 117 Å². The summed E-state index contributed by atoms with van der Waals surface area (Å²) in [5.74, 6) is 1.11. The monoisotopic (exact) mass is 267 g/mol. The molecule has 2 fully saturated rings. The minimum absolute atomic E-state index is 0.0437. The molecule has 4 nitrogen and oxygen atoms in total. The quantitative estimate of drug-likeness (QED) is 0.767. The highest BCUT2D eigenvalue weighted by Crippen LogP contribution is 2.27. The van der Waals surface area contributed by atoms with Gasteiger partial charge in [0, 0.05) is 39.8 Å². The largest absolute Gasteiger partial charge is 0.347 e. The van der Waals surface area contributed by atoms with Crippen molar-refractivity contribution in [2.45, 2.75) is 51.1 Å². The van der Waals surface area contributed by atoms with Crippen molar-refractivity contribution < 1.29 is 4.79 Å². The summed E-state index contributed by atoms with van der Waals surface area (Å²) >= 11 is 0. The van der Waals surface area contributed by atoms with Crippen molar-refractivity contribution >= 4 is 5.91 Å². The Morgan fingerprint density at radius 1 is 1.21 bits per heavy atom. The van der Waals surface area contributed by atoms with Crippen LogP contribution in [0.2, 0.25) is 0 Å². The van der Waals surface area contributed by atoms with Crippen molar-refractivity contribution in [3.63, 3.8) is 0 Å². The lowest BCUT2D eigenvalue weighted by Gasteiger charge is -2.41. The van der Waals surface area contributed by atoms with Crippen LogP contribution in [0.5, 0.6) is 0 Å². The number of carbonyl (C=O) groups is 1. The highest BCUT2D eigenvalue weighted by molar-refractivity contribution is 5.81. The molecule has 1 aliphatic heterocycles. The van der Waals surface area contributed by atoms with Crippen molar-refractivity contribution in [3.05, 3.63) is 0 Å². The van der Waals surface area contributed by atoms with Crippen LogP contribution >= 0.6 is 0 Å². The standard InChI is InChI=1S/C15H29N3O/c1-12-5-4-6-13(8-7-12)18-10-9-16-11-14(18)15(19)17(2)3/h12-14,16H,4-11H2,1-3H3. The van der Waals surface area contributed by atoms with Crippen molar-refractivity contribution in [3.8, 4) is 0 Å². The summed E-state index contributed by atoms with van der Waals surface area (Å²) in [6, 6.07) is 0.656. The van der Waals surface area contributed by atoms with Crippen LogP contribution in [0.1, 0.15) is 39.0 Å². The molecule has 1 N–H and O–H groups in total. The summed E-state index contributed by atoms with van der Waals surface area (Å²) in [5.41, 5.74) is 0. The molecule has 1 amide bonds. The van der Waals surface area contributed by atoms with Crippen molar-refractivity contribution in [1.29, 1.82) is 0 Å². The van der Waals surface area contributed by atoms with Gasteiger partial charge in [-0.3, -0.25) is 9.69 Å². The minimum Gasteiger partial charge on any atom is -0.347 e. The van der Waals surface area contributed by atoms with Crippen LogP contribution in [-0.2, 0) is 4.79 Å². The summed E-state index contributed by atoms with van der Waals surface area (Å²) in [5, 5.41) is 3.37. The van der Waals surface area contributed by atoms with Gasteiger partial charge in [-0.1, -0.05) is 19.8 Å². The zero-order valence-electron chi connectivity index (χ0n) is 12.7. The fourth-order valence-corrected chi connectivity index (χ4v) is 3.48. The van der Waals surface area contributed by atoms with E-state index in [4.69, 9.17) is 0 Å². The summed E-state index contributed by atoms with van der Waals surface area (Å²) < 4.78 is 0. The van der Waals surface area contributed by atoms with E-state index in [0.717, 1.165) is 25.6 Å². The molecule has 0 bridgehead atoms. The molecule has 0 aromatic rings. The van der Waals surface area contributed by atoms with E-state index in [0.29, 0.717) is 6.04 Å². The highest BCUT2D eigenvalue weighted by Gasteiger charge is 2.34. The number of amides is 1. The minimum atomic E-state index is 0.0437. The molecule has 4 heteroatoms. The summed E-state index contributed by atoms with van der Waals surface area (Å²) in [4.78, 5) is 16.6. The van der Waals surface area contributed by atoms with E-state index in [9.17, 15) is 4.79 Å². The molecule has 1 heterocycles. The van der Waals surface area contributed by atoms with Crippen LogP contribution in [0.3, 0.4) is 0 Å². The normalized spacial score (nSPS) is 33.7. The molecule has 0 spiro atoms. The van der Waals surface area contributed by atoms with Gasteiger partial charge in [0.2, 0.25) is 5.91 Å². The summed E-state index contributed by atoms with van der Waals surface area (Å²) in [6.07, 6.45) is 6.52. The summed E-state index contributed by atoms with van der Waals surface area (Å²) in [7, 11) is 3.73. The molecule has 3 unspecified atom stereocenters. The van der Waals surface area contributed by atoms with E-state index in [1.807, 2.05) is 14.1 Å². The average molecular weight is 267 g/mol. The van der Waals surface area contributed by atoms with E-state index >= 15 is 0 Å². The fraction of sp³-hybridized carbons (Fsp3) is 0.933. The van der Waals surface area contributed by atoms with Gasteiger partial charge in [0.15, 0.2) is 0 Å². The number of piperazine rings is 1. The Balaban J connectivity index is 2.04. The van der Waals surface area contributed by atoms with Gasteiger partial charge in [0.25, 0.3) is 0 Å². The number of hydrogen-bond acceptors (Lipinski definition) is 3. The first-order valence-electron chi connectivity index (χ1n) is 7.77. The van der Waals surface area contributed by atoms with Crippen LogP contribution in [0.4, 0.5) is 0 Å². The topological polar surface area (TPSA) is 35.6 Å². The molecule has 19 heavy (non-hydrogen) atoms. The average Bonchev–Trinajstić information content (AvgIpc) is 2.62. The van der Waals surface area contributed by atoms with Crippen LogP contribution in [-0.4, -0.2) is 61.5 Å². The van der Waals surface area contributed by atoms with Gasteiger partial charge in [-0.25, -0.2) is 0 Å². The van der Waals surface area contributed by atoms with Crippen molar-refractivity contribution in [1.82, 2.24) is 15.1 Å². The zero-order chi connectivity index (χ0) is 13.8. The third-order valence-corrected chi connectivity index (χ3v) is 4.71. The number of nitrogens with zero attached hydrogens (tertiary/aromatic N) is 2. The SMILES string of the molecule is CC1CCCC(N2CCNCC2C(=O)N(C)C)CC1. The predicted octanol–water partition coefficient (Wildman–Crippen LogP) is 1.32. The zero-order valence-corrected chi connectivity index (χ0v) is 12.7. The smallest absolute Gasteiger partial charge is 0.240 e. The van der Waals surface area contributed by atoms with Gasteiger partial charge in [-0.15, -0.1) is 0 Å². The molecular weight excluding hydrogens is 238 g/mol. The first-order valence-corrected chi connectivity index (χ1v) is 7.77. The van der Waals surface area contributed by atoms with Gasteiger partial charge in [-0.05, 0) is 25.2 Å². The van der Waals surface area contributed by atoms with Crippen molar-refractivity contribution in [2.75, 3.05) is 33.7 Å². The van der Waals surface area contributed by atoms with Gasteiger partial charge in [-0.2, -0.15) is 0 Å². The van der Waals surface area contributed by atoms with E-state index in [1.54, 1.807) is 4.90 Å². The fourth-order valence-electron chi connectivity index (χ4n) is 3.48. The highest BCUT2D eigenvalue weighted by atomic mass is 16.2. The van der Waals surface area contributed by atoms with Crippen LogP contribution in [0, 0.1) is 5.92 Å².